The van der Waals surface area contributed by atoms with Crippen LogP contribution in [-0.2, 0) is 16.8 Å². The fourth-order valence-electron chi connectivity index (χ4n) is 3.10. The summed E-state index contributed by atoms with van der Waals surface area (Å²) in [6, 6.07) is 1.93. The molecular weight excluding hydrogens is 264 g/mol. The molecule has 0 aliphatic heterocycles. The van der Waals surface area contributed by atoms with Crippen LogP contribution < -0.4 is 11.3 Å². The van der Waals surface area contributed by atoms with Crippen LogP contribution >= 0.6 is 0 Å². The van der Waals surface area contributed by atoms with Gasteiger partial charge in [0, 0.05) is 18.4 Å². The molecule has 5 heteroatoms. The number of aromatic nitrogens is 2. The van der Waals surface area contributed by atoms with Gasteiger partial charge in [0.25, 0.3) is 0 Å². The Morgan fingerprint density at radius 3 is 2.62 bits per heavy atom. The van der Waals surface area contributed by atoms with E-state index < -0.39 is 0 Å². The van der Waals surface area contributed by atoms with Crippen molar-refractivity contribution in [2.45, 2.75) is 64.9 Å². The molecule has 5 nitrogen and oxygen atoms in total. The highest BCUT2D eigenvalue weighted by atomic mass is 16.5. The summed E-state index contributed by atoms with van der Waals surface area (Å²) in [4.78, 5) is 9.38. The third-order valence-electron chi connectivity index (χ3n) is 4.34. The molecule has 1 saturated carbocycles. The first-order valence-electron chi connectivity index (χ1n) is 8.12. The Hall–Kier alpha value is -1.20. The number of rotatable bonds is 6. The molecule has 3 N–H and O–H groups in total. The average molecular weight is 292 g/mol. The topological polar surface area (TPSA) is 73.1 Å². The largest absolute Gasteiger partial charge is 0.367 e. The minimum atomic E-state index is -0.337. The van der Waals surface area contributed by atoms with Gasteiger partial charge in [0.2, 0.25) is 0 Å². The highest BCUT2D eigenvalue weighted by Gasteiger charge is 2.39. The van der Waals surface area contributed by atoms with Crippen LogP contribution in [0.2, 0.25) is 0 Å². The van der Waals surface area contributed by atoms with Crippen molar-refractivity contribution in [1.29, 1.82) is 0 Å². The van der Waals surface area contributed by atoms with Gasteiger partial charge in [-0.25, -0.2) is 15.8 Å². The second-order valence-electron chi connectivity index (χ2n) is 6.07. The first-order chi connectivity index (χ1) is 10.1. The van der Waals surface area contributed by atoms with Gasteiger partial charge in [-0.1, -0.05) is 20.3 Å². The lowest BCUT2D eigenvalue weighted by molar-refractivity contribution is -0.0837. The van der Waals surface area contributed by atoms with E-state index in [-0.39, 0.29) is 5.60 Å². The monoisotopic (exact) mass is 292 g/mol. The van der Waals surface area contributed by atoms with Crippen molar-refractivity contribution in [3.63, 3.8) is 0 Å². The molecule has 1 fully saturated rings. The molecule has 0 atom stereocenters. The number of hydrogen-bond acceptors (Lipinski definition) is 5. The third-order valence-corrected chi connectivity index (χ3v) is 4.34. The molecule has 0 aromatic carbocycles. The van der Waals surface area contributed by atoms with E-state index >= 15 is 0 Å². The molecule has 0 amide bonds. The van der Waals surface area contributed by atoms with E-state index in [0.717, 1.165) is 56.0 Å². The van der Waals surface area contributed by atoms with Crippen molar-refractivity contribution in [3.05, 3.63) is 17.6 Å². The van der Waals surface area contributed by atoms with Crippen molar-refractivity contribution < 1.29 is 4.74 Å². The molecule has 2 rings (SSSR count). The Kier molecular flexibility index (Phi) is 5.53. The van der Waals surface area contributed by atoms with Gasteiger partial charge in [-0.15, -0.1) is 0 Å². The second kappa shape index (κ2) is 7.18. The molecule has 1 aliphatic carbocycles. The smallest absolute Gasteiger partial charge is 0.162 e. The summed E-state index contributed by atoms with van der Waals surface area (Å²) in [6.07, 6.45) is 6.28. The number of nitrogen functional groups attached to an aromatic ring is 1. The summed E-state index contributed by atoms with van der Waals surface area (Å²) in [7, 11) is 0. The Balaban J connectivity index is 2.36. The van der Waals surface area contributed by atoms with Crippen molar-refractivity contribution >= 4 is 5.82 Å². The first-order valence-corrected chi connectivity index (χ1v) is 8.12. The van der Waals surface area contributed by atoms with Crippen molar-refractivity contribution in [3.8, 4) is 0 Å². The van der Waals surface area contributed by atoms with Crippen LogP contribution in [0.5, 0.6) is 0 Å². The molecule has 21 heavy (non-hydrogen) atoms. The van der Waals surface area contributed by atoms with Gasteiger partial charge in [0.1, 0.15) is 11.4 Å². The lowest BCUT2D eigenvalue weighted by Gasteiger charge is -2.38. The minimum Gasteiger partial charge on any atom is -0.367 e. The fourth-order valence-corrected chi connectivity index (χ4v) is 3.10. The lowest BCUT2D eigenvalue weighted by atomic mass is 9.78. The summed E-state index contributed by atoms with van der Waals surface area (Å²) in [6.45, 7) is 7.17. The average Bonchev–Trinajstić information content (AvgIpc) is 2.50. The summed E-state index contributed by atoms with van der Waals surface area (Å²) in [5.74, 6) is 7.81. The molecule has 1 aromatic rings. The molecule has 0 unspecified atom stereocenters. The summed E-state index contributed by atoms with van der Waals surface area (Å²) in [5.41, 5.74) is 3.37. The Labute approximate surface area is 127 Å². The number of anilines is 1. The van der Waals surface area contributed by atoms with E-state index in [2.05, 4.69) is 24.3 Å². The van der Waals surface area contributed by atoms with E-state index in [1.54, 1.807) is 0 Å². The van der Waals surface area contributed by atoms with E-state index in [4.69, 9.17) is 15.6 Å². The van der Waals surface area contributed by atoms with Crippen molar-refractivity contribution in [2.75, 3.05) is 12.0 Å². The van der Waals surface area contributed by atoms with Crippen LogP contribution in [0.4, 0.5) is 5.82 Å². The molecule has 1 heterocycles. The summed E-state index contributed by atoms with van der Waals surface area (Å²) < 4.78 is 6.14. The van der Waals surface area contributed by atoms with Crippen LogP contribution in [0.1, 0.15) is 64.4 Å². The SMILES string of the molecule is CCCc1cc(NN)nc(C2(OCC)CCC(C)CC2)n1. The van der Waals surface area contributed by atoms with E-state index in [1.165, 1.54) is 0 Å². The summed E-state index contributed by atoms with van der Waals surface area (Å²) >= 11 is 0. The Morgan fingerprint density at radius 1 is 1.33 bits per heavy atom. The number of nitrogens with zero attached hydrogens (tertiary/aromatic N) is 2. The molecule has 0 spiro atoms. The van der Waals surface area contributed by atoms with E-state index in [0.29, 0.717) is 12.4 Å². The van der Waals surface area contributed by atoms with Gasteiger partial charge in [-0.05, 0) is 44.9 Å². The minimum absolute atomic E-state index is 0.337. The number of hydrazine groups is 1. The van der Waals surface area contributed by atoms with Crippen LogP contribution in [-0.4, -0.2) is 16.6 Å². The molecular formula is C16H28N4O. The quantitative estimate of drug-likeness (QED) is 0.622. The van der Waals surface area contributed by atoms with Gasteiger partial charge < -0.3 is 10.2 Å². The predicted molar refractivity (Wildman–Crippen MR) is 84.8 cm³/mol. The Bertz CT molecular complexity index is 456. The zero-order valence-electron chi connectivity index (χ0n) is 13.5. The van der Waals surface area contributed by atoms with Gasteiger partial charge in [0.05, 0.1) is 0 Å². The van der Waals surface area contributed by atoms with Crippen LogP contribution in [0.15, 0.2) is 6.07 Å². The zero-order valence-corrected chi connectivity index (χ0v) is 13.5. The molecule has 1 aromatic heterocycles. The van der Waals surface area contributed by atoms with E-state index in [1.807, 2.05) is 13.0 Å². The molecule has 118 valence electrons. The number of ether oxygens (including phenoxy) is 1. The number of hydrogen-bond donors (Lipinski definition) is 2. The lowest BCUT2D eigenvalue weighted by Crippen LogP contribution is -2.36. The van der Waals surface area contributed by atoms with E-state index in [9.17, 15) is 0 Å². The number of aryl methyl sites for hydroxylation is 1. The zero-order chi connectivity index (χ0) is 15.3. The molecule has 0 saturated heterocycles. The van der Waals surface area contributed by atoms with Crippen LogP contribution in [0, 0.1) is 5.92 Å². The number of nitrogens with two attached hydrogens (primary N) is 1. The Morgan fingerprint density at radius 2 is 2.05 bits per heavy atom. The highest BCUT2D eigenvalue weighted by Crippen LogP contribution is 2.41. The maximum Gasteiger partial charge on any atom is 0.162 e. The molecule has 1 aliphatic rings. The maximum atomic E-state index is 6.14. The van der Waals surface area contributed by atoms with Gasteiger partial charge >= 0.3 is 0 Å². The molecule has 0 bridgehead atoms. The predicted octanol–water partition coefficient (Wildman–Crippen LogP) is 3.16. The van der Waals surface area contributed by atoms with Gasteiger partial charge in [-0.3, -0.25) is 0 Å². The second-order valence-corrected chi connectivity index (χ2v) is 6.07. The maximum absolute atomic E-state index is 6.14. The normalized spacial score (nSPS) is 25.8. The first kappa shape index (κ1) is 16.2. The van der Waals surface area contributed by atoms with Crippen LogP contribution in [0.25, 0.3) is 0 Å². The van der Waals surface area contributed by atoms with Crippen molar-refractivity contribution in [2.24, 2.45) is 11.8 Å². The van der Waals surface area contributed by atoms with Crippen molar-refractivity contribution in [1.82, 2.24) is 9.97 Å². The van der Waals surface area contributed by atoms with Gasteiger partial charge in [0.15, 0.2) is 5.82 Å². The standard InChI is InChI=1S/C16H28N4O/c1-4-6-13-11-14(20-17)19-15(18-13)16(21-5-2)9-7-12(3)8-10-16/h11-12H,4-10,17H2,1-3H3,(H,18,19,20). The molecule has 0 radical (unpaired) electrons. The highest BCUT2D eigenvalue weighted by molar-refractivity contribution is 5.35. The van der Waals surface area contributed by atoms with Crippen LogP contribution in [0.3, 0.4) is 0 Å². The number of nitrogens with one attached hydrogen (secondary N) is 1. The summed E-state index contributed by atoms with van der Waals surface area (Å²) in [5, 5.41) is 0. The third kappa shape index (κ3) is 3.71. The fraction of sp³-hybridized carbons (Fsp3) is 0.750. The van der Waals surface area contributed by atoms with Gasteiger partial charge in [-0.2, -0.15) is 0 Å².